The van der Waals surface area contributed by atoms with Crippen LogP contribution in [-0.2, 0) is 17.8 Å². The molecule has 1 amide bonds. The van der Waals surface area contributed by atoms with Gasteiger partial charge < -0.3 is 10.1 Å². The fourth-order valence-electron chi connectivity index (χ4n) is 3.23. The first-order chi connectivity index (χ1) is 16.8. The van der Waals surface area contributed by atoms with E-state index in [-0.39, 0.29) is 18.2 Å². The van der Waals surface area contributed by atoms with Crippen molar-refractivity contribution in [2.75, 3.05) is 0 Å². The largest absolute Gasteiger partial charge is 0.487 e. The fourth-order valence-corrected chi connectivity index (χ4v) is 5.52. The molecular formula is C25H19Br2N3O4S. The Kier molecular flexibility index (Phi) is 8.04. The van der Waals surface area contributed by atoms with Crippen LogP contribution in [0.4, 0.5) is 11.4 Å². The second-order valence-corrected chi connectivity index (χ2v) is 10.3. The molecule has 0 radical (unpaired) electrons. The second-order valence-electron chi connectivity index (χ2n) is 7.53. The molecule has 1 heterocycles. The van der Waals surface area contributed by atoms with Gasteiger partial charge in [0.25, 0.3) is 11.6 Å². The summed E-state index contributed by atoms with van der Waals surface area (Å²) in [6.07, 6.45) is 2.75. The number of nitrogens with zero attached hydrogens (tertiary/aromatic N) is 2. The number of carbonyl (C=O) groups is 1. The van der Waals surface area contributed by atoms with Crippen molar-refractivity contribution in [3.8, 4) is 5.75 Å². The zero-order chi connectivity index (χ0) is 24.9. The molecule has 35 heavy (non-hydrogen) atoms. The number of hydrogen-bond acceptors (Lipinski definition) is 6. The number of thioether (sulfide) groups is 1. The molecule has 0 saturated carbocycles. The van der Waals surface area contributed by atoms with Crippen LogP contribution in [0.1, 0.15) is 23.6 Å². The third kappa shape index (κ3) is 6.39. The van der Waals surface area contributed by atoms with Gasteiger partial charge in [0.05, 0.1) is 24.5 Å². The average molecular weight is 617 g/mol. The van der Waals surface area contributed by atoms with E-state index in [2.05, 4.69) is 49.1 Å². The molecule has 0 aliphatic carbocycles. The van der Waals surface area contributed by atoms with Crippen LogP contribution >= 0.6 is 43.6 Å². The number of amidine groups is 1. The molecule has 178 valence electrons. The van der Waals surface area contributed by atoms with Gasteiger partial charge in [0.1, 0.15) is 12.4 Å². The summed E-state index contributed by atoms with van der Waals surface area (Å²) < 4.78 is 7.32. The highest BCUT2D eigenvalue weighted by Gasteiger charge is 2.24. The molecule has 3 aromatic carbocycles. The van der Waals surface area contributed by atoms with Crippen molar-refractivity contribution in [2.45, 2.75) is 20.0 Å². The highest BCUT2D eigenvalue weighted by molar-refractivity contribution is 9.11. The van der Waals surface area contributed by atoms with E-state index in [4.69, 9.17) is 4.74 Å². The van der Waals surface area contributed by atoms with Crippen LogP contribution in [0.25, 0.3) is 6.08 Å². The predicted molar refractivity (Wildman–Crippen MR) is 146 cm³/mol. The van der Waals surface area contributed by atoms with Gasteiger partial charge in [-0.1, -0.05) is 19.1 Å². The predicted octanol–water partition coefficient (Wildman–Crippen LogP) is 7.15. The van der Waals surface area contributed by atoms with E-state index >= 15 is 0 Å². The summed E-state index contributed by atoms with van der Waals surface area (Å²) in [5.41, 5.74) is 3.65. The summed E-state index contributed by atoms with van der Waals surface area (Å²) in [4.78, 5) is 27.9. The Morgan fingerprint density at radius 3 is 2.29 bits per heavy atom. The number of carbonyl (C=O) groups excluding carboxylic acids is 1. The Labute approximate surface area is 223 Å². The van der Waals surface area contributed by atoms with Gasteiger partial charge in [-0.3, -0.25) is 14.9 Å². The first-order valence-corrected chi connectivity index (χ1v) is 13.0. The molecule has 0 bridgehead atoms. The number of hydrogen-bond donors (Lipinski definition) is 1. The monoisotopic (exact) mass is 615 g/mol. The van der Waals surface area contributed by atoms with Gasteiger partial charge in [-0.25, -0.2) is 4.99 Å². The fraction of sp³-hybridized carbons (Fsp3) is 0.120. The van der Waals surface area contributed by atoms with Gasteiger partial charge in [0, 0.05) is 12.1 Å². The number of amides is 1. The van der Waals surface area contributed by atoms with Gasteiger partial charge >= 0.3 is 0 Å². The number of nitro groups is 1. The lowest BCUT2D eigenvalue weighted by Crippen LogP contribution is -2.19. The number of rotatable bonds is 7. The molecule has 1 fully saturated rings. The summed E-state index contributed by atoms with van der Waals surface area (Å²) in [5, 5.41) is 14.1. The van der Waals surface area contributed by atoms with Crippen LogP contribution in [0.3, 0.4) is 0 Å². The Bertz CT molecular complexity index is 1320. The maximum Gasteiger partial charge on any atom is 0.269 e. The Hall–Kier alpha value is -2.95. The zero-order valence-corrected chi connectivity index (χ0v) is 22.4. The quantitative estimate of drug-likeness (QED) is 0.173. The van der Waals surface area contributed by atoms with Crippen molar-refractivity contribution in [3.63, 3.8) is 0 Å². The third-order valence-corrected chi connectivity index (χ3v) is 7.16. The lowest BCUT2D eigenvalue weighted by molar-refractivity contribution is -0.384. The van der Waals surface area contributed by atoms with E-state index in [1.165, 1.54) is 29.5 Å². The first-order valence-electron chi connectivity index (χ1n) is 10.6. The van der Waals surface area contributed by atoms with Crippen LogP contribution in [0.2, 0.25) is 0 Å². The van der Waals surface area contributed by atoms with E-state index in [1.54, 1.807) is 18.2 Å². The number of non-ortho nitro benzene ring substituents is 1. The zero-order valence-electron chi connectivity index (χ0n) is 18.5. The van der Waals surface area contributed by atoms with Gasteiger partial charge in [-0.05, 0) is 109 Å². The number of nitro benzene ring substituents is 1. The van der Waals surface area contributed by atoms with Crippen molar-refractivity contribution in [1.82, 2.24) is 5.32 Å². The molecule has 0 spiro atoms. The first kappa shape index (κ1) is 25.2. The molecule has 0 atom stereocenters. The van der Waals surface area contributed by atoms with Gasteiger partial charge in [-0.2, -0.15) is 0 Å². The van der Waals surface area contributed by atoms with E-state index in [0.29, 0.717) is 24.8 Å². The average Bonchev–Trinajstić information content (AvgIpc) is 3.17. The molecule has 1 N–H and O–H groups in total. The number of nitrogens with one attached hydrogen (secondary N) is 1. The van der Waals surface area contributed by atoms with E-state index in [1.807, 2.05) is 36.4 Å². The van der Waals surface area contributed by atoms with Crippen molar-refractivity contribution in [3.05, 3.63) is 101 Å². The molecule has 1 saturated heterocycles. The van der Waals surface area contributed by atoms with Crippen molar-refractivity contribution in [2.24, 2.45) is 4.99 Å². The normalized spacial score (nSPS) is 15.5. The summed E-state index contributed by atoms with van der Waals surface area (Å²) in [5.74, 6) is 0.386. The Balaban J connectivity index is 1.46. The van der Waals surface area contributed by atoms with Crippen molar-refractivity contribution < 1.29 is 14.5 Å². The lowest BCUT2D eigenvalue weighted by Gasteiger charge is -2.11. The van der Waals surface area contributed by atoms with Gasteiger partial charge in [-0.15, -0.1) is 0 Å². The van der Waals surface area contributed by atoms with Crippen LogP contribution in [0.5, 0.6) is 5.75 Å². The number of benzene rings is 3. The number of aliphatic imine (C=N–C) groups is 1. The summed E-state index contributed by atoms with van der Waals surface area (Å²) >= 11 is 8.35. The summed E-state index contributed by atoms with van der Waals surface area (Å²) in [7, 11) is 0. The van der Waals surface area contributed by atoms with Crippen LogP contribution in [-0.4, -0.2) is 16.0 Å². The molecule has 1 aliphatic heterocycles. The maximum atomic E-state index is 12.5. The minimum absolute atomic E-state index is 0.0323. The smallest absolute Gasteiger partial charge is 0.269 e. The minimum Gasteiger partial charge on any atom is -0.487 e. The summed E-state index contributed by atoms with van der Waals surface area (Å²) in [6.45, 7) is 2.34. The molecule has 3 aromatic rings. The molecule has 0 unspecified atom stereocenters. The maximum absolute atomic E-state index is 12.5. The van der Waals surface area contributed by atoms with Crippen LogP contribution < -0.4 is 10.1 Å². The van der Waals surface area contributed by atoms with E-state index in [0.717, 1.165) is 23.2 Å². The molecule has 4 rings (SSSR count). The topological polar surface area (TPSA) is 93.8 Å². The summed E-state index contributed by atoms with van der Waals surface area (Å²) in [6, 6.07) is 17.8. The Morgan fingerprint density at radius 2 is 1.69 bits per heavy atom. The molecular weight excluding hydrogens is 598 g/mol. The van der Waals surface area contributed by atoms with Crippen LogP contribution in [0, 0.1) is 10.1 Å². The highest BCUT2D eigenvalue weighted by Crippen LogP contribution is 2.37. The van der Waals surface area contributed by atoms with Gasteiger partial charge in [0.2, 0.25) is 0 Å². The van der Waals surface area contributed by atoms with Gasteiger partial charge in [0.15, 0.2) is 5.17 Å². The number of halogens is 2. The Morgan fingerprint density at radius 1 is 1.06 bits per heavy atom. The highest BCUT2D eigenvalue weighted by atomic mass is 79.9. The molecule has 10 heteroatoms. The SMILES string of the molecule is CCc1ccc(N=C2NC(=O)/C(=C/c3cc(Br)c(OCc4ccc([N+](=O)[O-])cc4)c(Br)c3)S2)cc1. The third-order valence-electron chi connectivity index (χ3n) is 5.07. The van der Waals surface area contributed by atoms with Crippen molar-refractivity contribution in [1.29, 1.82) is 0 Å². The van der Waals surface area contributed by atoms with E-state index < -0.39 is 4.92 Å². The van der Waals surface area contributed by atoms with Crippen LogP contribution in [0.15, 0.2) is 79.5 Å². The lowest BCUT2D eigenvalue weighted by atomic mass is 10.2. The number of ether oxygens (including phenoxy) is 1. The van der Waals surface area contributed by atoms with Crippen molar-refractivity contribution >= 4 is 72.1 Å². The van der Waals surface area contributed by atoms with E-state index in [9.17, 15) is 14.9 Å². The standard InChI is InChI=1S/C25H19Br2N3O4S/c1-2-15-3-7-18(8-4-15)28-25-29-24(31)22(35-25)13-17-11-20(26)23(21(27)12-17)34-14-16-5-9-19(10-6-16)30(32)33/h3-13H,2,14H2,1H3,(H,28,29,31)/b22-13-. The molecule has 1 aliphatic rings. The second kappa shape index (κ2) is 11.2. The number of aryl methyl sites for hydroxylation is 1. The molecule has 0 aromatic heterocycles. The minimum atomic E-state index is -0.438. The molecule has 7 nitrogen and oxygen atoms in total.